The average molecular weight is 281 g/mol. The lowest BCUT2D eigenvalue weighted by Gasteiger charge is -2.01. The molecule has 0 unspecified atom stereocenters. The molecular weight excluding hydrogens is 269 g/mol. The summed E-state index contributed by atoms with van der Waals surface area (Å²) in [7, 11) is 0. The van der Waals surface area contributed by atoms with Gasteiger partial charge in [-0.1, -0.05) is 0 Å². The summed E-state index contributed by atoms with van der Waals surface area (Å²) in [4.78, 5) is 11.9. The van der Waals surface area contributed by atoms with Crippen molar-refractivity contribution in [3.8, 4) is 0 Å². The van der Waals surface area contributed by atoms with Crippen molar-refractivity contribution in [2.75, 3.05) is 5.73 Å². The maximum Gasteiger partial charge on any atom is 0.268 e. The van der Waals surface area contributed by atoms with E-state index >= 15 is 0 Å². The largest absolute Gasteiger partial charge is 0.468 e. The highest BCUT2D eigenvalue weighted by atomic mass is 32.2. The molecule has 0 saturated heterocycles. The number of nitrogens with two attached hydrogens (primary N) is 2. The van der Waals surface area contributed by atoms with Crippen LogP contribution >= 0.6 is 11.8 Å². The van der Waals surface area contributed by atoms with Crippen molar-refractivity contribution in [1.29, 1.82) is 0 Å². The molecular formula is C12H12FN3O2S. The molecule has 2 rings (SSSR count). The first-order valence-corrected chi connectivity index (χ1v) is 6.34. The van der Waals surface area contributed by atoms with Crippen molar-refractivity contribution < 1.29 is 13.6 Å². The maximum atomic E-state index is 13.1. The number of anilines is 1. The highest BCUT2D eigenvalue weighted by Gasteiger charge is 2.09. The Morgan fingerprint density at radius 1 is 1.37 bits per heavy atom. The second-order valence-electron chi connectivity index (χ2n) is 3.78. The molecule has 0 radical (unpaired) electrons. The summed E-state index contributed by atoms with van der Waals surface area (Å²) in [5.74, 6) is 5.25. The van der Waals surface area contributed by atoms with E-state index in [9.17, 15) is 9.18 Å². The van der Waals surface area contributed by atoms with Gasteiger partial charge in [-0.2, -0.15) is 0 Å². The molecule has 1 amide bonds. The summed E-state index contributed by atoms with van der Waals surface area (Å²) >= 11 is 1.36. The number of benzene rings is 1. The van der Waals surface area contributed by atoms with Crippen LogP contribution in [0.4, 0.5) is 10.1 Å². The number of hydrogen-bond donors (Lipinski definition) is 3. The molecule has 0 aliphatic carbocycles. The number of hydrazine groups is 1. The molecule has 0 atom stereocenters. The Balaban J connectivity index is 2.02. The van der Waals surface area contributed by atoms with Crippen LogP contribution in [0, 0.1) is 5.82 Å². The van der Waals surface area contributed by atoms with Gasteiger partial charge < -0.3 is 10.2 Å². The van der Waals surface area contributed by atoms with E-state index in [2.05, 4.69) is 0 Å². The lowest BCUT2D eigenvalue weighted by Crippen LogP contribution is -2.29. The van der Waals surface area contributed by atoms with Gasteiger partial charge in [-0.15, -0.1) is 11.8 Å². The van der Waals surface area contributed by atoms with Crippen LogP contribution in [-0.4, -0.2) is 5.91 Å². The number of carbonyl (C=O) groups is 1. The lowest BCUT2D eigenvalue weighted by molar-refractivity contribution is 0.0953. The third-order valence-electron chi connectivity index (χ3n) is 2.32. The number of hydrogen-bond acceptors (Lipinski definition) is 5. The highest BCUT2D eigenvalue weighted by Crippen LogP contribution is 2.26. The summed E-state index contributed by atoms with van der Waals surface area (Å²) < 4.78 is 18.3. The van der Waals surface area contributed by atoms with Crippen molar-refractivity contribution in [3.63, 3.8) is 0 Å². The molecule has 5 N–H and O–H groups in total. The van der Waals surface area contributed by atoms with Gasteiger partial charge >= 0.3 is 0 Å². The zero-order valence-electron chi connectivity index (χ0n) is 9.85. The Bertz CT molecular complexity index is 580. The Morgan fingerprint density at radius 3 is 2.84 bits per heavy atom. The van der Waals surface area contributed by atoms with Crippen molar-refractivity contribution >= 4 is 23.4 Å². The van der Waals surface area contributed by atoms with Gasteiger partial charge in [0.1, 0.15) is 17.8 Å². The van der Waals surface area contributed by atoms with Gasteiger partial charge in [0, 0.05) is 10.6 Å². The molecule has 1 aromatic heterocycles. The molecule has 0 spiro atoms. The van der Waals surface area contributed by atoms with E-state index in [0.29, 0.717) is 27.7 Å². The molecule has 0 bridgehead atoms. The van der Waals surface area contributed by atoms with Crippen molar-refractivity contribution in [1.82, 2.24) is 5.43 Å². The maximum absolute atomic E-state index is 13.1. The van der Waals surface area contributed by atoms with Crippen LogP contribution in [0.5, 0.6) is 0 Å². The molecule has 19 heavy (non-hydrogen) atoms. The van der Waals surface area contributed by atoms with Gasteiger partial charge in [-0.3, -0.25) is 10.2 Å². The Hall–Kier alpha value is -1.99. The van der Waals surface area contributed by atoms with Crippen molar-refractivity contribution in [2.24, 2.45) is 5.84 Å². The predicted octanol–water partition coefficient (Wildman–Crippen LogP) is 1.90. The number of furan rings is 1. The minimum absolute atomic E-state index is 0.344. The van der Waals surface area contributed by atoms with Gasteiger partial charge in [0.2, 0.25) is 0 Å². The van der Waals surface area contributed by atoms with Crippen LogP contribution < -0.4 is 17.0 Å². The Kier molecular flexibility index (Phi) is 4.08. The molecule has 0 aliphatic rings. The second kappa shape index (κ2) is 5.77. The first-order chi connectivity index (χ1) is 9.08. The van der Waals surface area contributed by atoms with Crippen LogP contribution in [0.2, 0.25) is 0 Å². The molecule has 0 saturated carbocycles. The van der Waals surface area contributed by atoms with Gasteiger partial charge in [0.15, 0.2) is 0 Å². The quantitative estimate of drug-likeness (QED) is 0.261. The van der Waals surface area contributed by atoms with Gasteiger partial charge in [-0.05, 0) is 24.3 Å². The van der Waals surface area contributed by atoms with Crippen LogP contribution in [-0.2, 0) is 5.75 Å². The van der Waals surface area contributed by atoms with Crippen molar-refractivity contribution in [3.05, 3.63) is 47.7 Å². The highest BCUT2D eigenvalue weighted by molar-refractivity contribution is 7.98. The van der Waals surface area contributed by atoms with E-state index in [1.807, 2.05) is 5.43 Å². The lowest BCUT2D eigenvalue weighted by atomic mass is 10.3. The summed E-state index contributed by atoms with van der Waals surface area (Å²) in [6.07, 6.45) is 1.32. The standard InChI is InChI=1S/C12H12FN3O2S/c13-8-2-9(14)4-11(3-8)19-6-10-1-7(5-18-10)12(17)16-15/h1-5H,6,14-15H2,(H,16,17). The SMILES string of the molecule is NNC(=O)c1coc(CSc2cc(N)cc(F)c2)c1. The van der Waals surface area contributed by atoms with Crippen LogP contribution in [0.1, 0.15) is 16.1 Å². The zero-order chi connectivity index (χ0) is 13.8. The predicted molar refractivity (Wildman–Crippen MR) is 70.7 cm³/mol. The van der Waals surface area contributed by atoms with E-state index in [1.165, 1.54) is 30.2 Å². The van der Waals surface area contributed by atoms with Crippen LogP contribution in [0.25, 0.3) is 0 Å². The molecule has 0 aliphatic heterocycles. The van der Waals surface area contributed by atoms with Crippen molar-refractivity contribution in [2.45, 2.75) is 10.6 Å². The van der Waals surface area contributed by atoms with E-state index in [0.717, 1.165) is 0 Å². The Labute approximate surface area is 113 Å². The smallest absolute Gasteiger partial charge is 0.268 e. The minimum Gasteiger partial charge on any atom is -0.468 e. The fourth-order valence-corrected chi connectivity index (χ4v) is 2.36. The van der Waals surface area contributed by atoms with E-state index in [-0.39, 0.29) is 5.82 Å². The molecule has 100 valence electrons. The number of nitrogens with one attached hydrogen (secondary N) is 1. The minimum atomic E-state index is -0.421. The van der Waals surface area contributed by atoms with E-state index in [1.54, 1.807) is 12.1 Å². The summed E-state index contributed by atoms with van der Waals surface area (Å²) in [6.45, 7) is 0. The van der Waals surface area contributed by atoms with Gasteiger partial charge in [0.25, 0.3) is 5.91 Å². The Morgan fingerprint density at radius 2 is 2.16 bits per heavy atom. The number of amides is 1. The molecule has 2 aromatic rings. The number of nitrogen functional groups attached to an aromatic ring is 2. The summed E-state index contributed by atoms with van der Waals surface area (Å²) in [5, 5.41) is 0. The molecule has 5 nitrogen and oxygen atoms in total. The average Bonchev–Trinajstić information content (AvgIpc) is 2.83. The fourth-order valence-electron chi connectivity index (χ4n) is 1.48. The molecule has 1 aromatic carbocycles. The topological polar surface area (TPSA) is 94.3 Å². The first kappa shape index (κ1) is 13.4. The number of rotatable bonds is 4. The van der Waals surface area contributed by atoms with Crippen LogP contribution in [0.15, 0.2) is 39.8 Å². The normalized spacial score (nSPS) is 10.4. The third kappa shape index (κ3) is 3.49. The van der Waals surface area contributed by atoms with Gasteiger partial charge in [-0.25, -0.2) is 10.2 Å². The molecule has 7 heteroatoms. The number of halogens is 1. The first-order valence-electron chi connectivity index (χ1n) is 5.35. The van der Waals surface area contributed by atoms with E-state index < -0.39 is 5.91 Å². The van der Waals surface area contributed by atoms with E-state index in [4.69, 9.17) is 16.0 Å². The second-order valence-corrected chi connectivity index (χ2v) is 4.83. The molecule has 1 heterocycles. The van der Waals surface area contributed by atoms with Gasteiger partial charge in [0.05, 0.1) is 11.3 Å². The fraction of sp³-hybridized carbons (Fsp3) is 0.0833. The van der Waals surface area contributed by atoms with Crippen LogP contribution in [0.3, 0.4) is 0 Å². The third-order valence-corrected chi connectivity index (χ3v) is 3.32. The zero-order valence-corrected chi connectivity index (χ0v) is 10.7. The monoisotopic (exact) mass is 281 g/mol. The molecule has 0 fully saturated rings. The number of carbonyl (C=O) groups excluding carboxylic acids is 1. The summed E-state index contributed by atoms with van der Waals surface area (Å²) in [5.41, 5.74) is 8.27. The summed E-state index contributed by atoms with van der Waals surface area (Å²) in [6, 6.07) is 5.89. The number of thioether (sulfide) groups is 1.